The zero-order valence-corrected chi connectivity index (χ0v) is 18.6. The molecule has 1 aliphatic rings. The molecular weight excluding hydrogens is 408 g/mol. The molecule has 0 unspecified atom stereocenters. The average molecular weight is 439 g/mol. The summed E-state index contributed by atoms with van der Waals surface area (Å²) in [5.41, 5.74) is 2.39. The van der Waals surface area contributed by atoms with Gasteiger partial charge in [-0.2, -0.15) is 0 Å². The SMILES string of the molecule is Cc1cc(C(=O)NCC(=O)Nc2ccccc2CN(C)C2CCCCC2)ccc1[N+](=O)[O-]. The quantitative estimate of drug-likeness (QED) is 0.478. The molecule has 0 aliphatic heterocycles. The highest BCUT2D eigenvalue weighted by atomic mass is 16.6. The highest BCUT2D eigenvalue weighted by Gasteiger charge is 2.19. The summed E-state index contributed by atoms with van der Waals surface area (Å²) < 4.78 is 0. The number of anilines is 1. The second kappa shape index (κ2) is 10.9. The maximum atomic E-state index is 12.5. The van der Waals surface area contributed by atoms with Crippen molar-refractivity contribution in [2.75, 3.05) is 18.9 Å². The van der Waals surface area contributed by atoms with Gasteiger partial charge >= 0.3 is 0 Å². The van der Waals surface area contributed by atoms with Gasteiger partial charge in [-0.1, -0.05) is 37.5 Å². The Hall–Kier alpha value is -3.26. The zero-order chi connectivity index (χ0) is 23.1. The van der Waals surface area contributed by atoms with Crippen LogP contribution in [0.2, 0.25) is 0 Å². The molecule has 170 valence electrons. The van der Waals surface area contributed by atoms with Crippen LogP contribution in [0.1, 0.15) is 53.6 Å². The fourth-order valence-electron chi connectivity index (χ4n) is 4.16. The maximum absolute atomic E-state index is 12.5. The monoisotopic (exact) mass is 438 g/mol. The van der Waals surface area contributed by atoms with Crippen LogP contribution in [0.3, 0.4) is 0 Å². The van der Waals surface area contributed by atoms with Gasteiger partial charge in [-0.25, -0.2) is 0 Å². The number of aryl methyl sites for hydroxylation is 1. The summed E-state index contributed by atoms with van der Waals surface area (Å²) in [6.45, 7) is 2.13. The average Bonchev–Trinajstić information content (AvgIpc) is 2.79. The number of nitro groups is 1. The van der Waals surface area contributed by atoms with Crippen molar-refractivity contribution < 1.29 is 14.5 Å². The van der Waals surface area contributed by atoms with Crippen molar-refractivity contribution in [2.45, 2.75) is 51.6 Å². The second-order valence-corrected chi connectivity index (χ2v) is 8.35. The number of carbonyl (C=O) groups is 2. The Morgan fingerprint density at radius 2 is 1.84 bits per heavy atom. The number of benzene rings is 2. The predicted octanol–water partition coefficient (Wildman–Crippen LogP) is 4.04. The van der Waals surface area contributed by atoms with Crippen molar-refractivity contribution >= 4 is 23.2 Å². The van der Waals surface area contributed by atoms with E-state index in [1.165, 1.54) is 50.3 Å². The van der Waals surface area contributed by atoms with Crippen LogP contribution < -0.4 is 10.6 Å². The van der Waals surface area contributed by atoms with Gasteiger partial charge in [0.15, 0.2) is 0 Å². The van der Waals surface area contributed by atoms with Crippen molar-refractivity contribution in [3.8, 4) is 0 Å². The van der Waals surface area contributed by atoms with E-state index in [-0.39, 0.29) is 23.7 Å². The first-order valence-electron chi connectivity index (χ1n) is 11.0. The van der Waals surface area contributed by atoms with Gasteiger partial charge in [0, 0.05) is 35.5 Å². The lowest BCUT2D eigenvalue weighted by molar-refractivity contribution is -0.385. The fraction of sp³-hybridized carbons (Fsp3) is 0.417. The molecule has 0 atom stereocenters. The molecule has 2 aromatic rings. The Balaban J connectivity index is 1.56. The molecule has 0 heterocycles. The van der Waals surface area contributed by atoms with Gasteiger partial charge in [0.2, 0.25) is 5.91 Å². The van der Waals surface area contributed by atoms with E-state index < -0.39 is 10.8 Å². The second-order valence-electron chi connectivity index (χ2n) is 8.35. The van der Waals surface area contributed by atoms with Crippen molar-refractivity contribution in [3.05, 3.63) is 69.3 Å². The number of amides is 2. The molecule has 2 aromatic carbocycles. The summed E-state index contributed by atoms with van der Waals surface area (Å²) in [6, 6.07) is 12.4. The minimum atomic E-state index is -0.492. The Kier molecular flexibility index (Phi) is 7.94. The van der Waals surface area contributed by atoms with E-state index in [4.69, 9.17) is 0 Å². The van der Waals surface area contributed by atoms with Crippen LogP contribution in [-0.2, 0) is 11.3 Å². The van der Waals surface area contributed by atoms with Crippen molar-refractivity contribution in [3.63, 3.8) is 0 Å². The number of rotatable bonds is 8. The smallest absolute Gasteiger partial charge is 0.272 e. The lowest BCUT2D eigenvalue weighted by Gasteiger charge is -2.31. The summed E-state index contributed by atoms with van der Waals surface area (Å²) in [6.07, 6.45) is 6.25. The molecule has 0 bridgehead atoms. The molecule has 1 saturated carbocycles. The Bertz CT molecular complexity index is 986. The van der Waals surface area contributed by atoms with Gasteiger partial charge in [0.1, 0.15) is 0 Å². The molecular formula is C24H30N4O4. The number of nitrogens with one attached hydrogen (secondary N) is 2. The van der Waals surface area contributed by atoms with Crippen LogP contribution in [0, 0.1) is 17.0 Å². The number of nitro benzene ring substituents is 1. The van der Waals surface area contributed by atoms with E-state index in [0.29, 0.717) is 11.6 Å². The number of hydrogen-bond donors (Lipinski definition) is 2. The highest BCUT2D eigenvalue weighted by Crippen LogP contribution is 2.25. The predicted molar refractivity (Wildman–Crippen MR) is 124 cm³/mol. The molecule has 8 nitrogen and oxygen atoms in total. The Labute approximate surface area is 188 Å². The third-order valence-electron chi connectivity index (χ3n) is 5.97. The van der Waals surface area contributed by atoms with Gasteiger partial charge in [-0.15, -0.1) is 0 Å². The fourth-order valence-corrected chi connectivity index (χ4v) is 4.16. The molecule has 0 saturated heterocycles. The summed E-state index contributed by atoms with van der Waals surface area (Å²) in [7, 11) is 2.13. The van der Waals surface area contributed by atoms with Crippen LogP contribution >= 0.6 is 0 Å². The molecule has 8 heteroatoms. The molecule has 3 rings (SSSR count). The molecule has 2 amide bonds. The number of carbonyl (C=O) groups excluding carboxylic acids is 2. The lowest BCUT2D eigenvalue weighted by Crippen LogP contribution is -2.34. The number of para-hydroxylation sites is 1. The van der Waals surface area contributed by atoms with E-state index >= 15 is 0 Å². The molecule has 2 N–H and O–H groups in total. The number of hydrogen-bond acceptors (Lipinski definition) is 5. The Morgan fingerprint density at radius 3 is 2.53 bits per heavy atom. The van der Waals surface area contributed by atoms with Gasteiger partial charge in [0.05, 0.1) is 11.5 Å². The maximum Gasteiger partial charge on any atom is 0.272 e. The Morgan fingerprint density at radius 1 is 1.12 bits per heavy atom. The third kappa shape index (κ3) is 6.13. The zero-order valence-electron chi connectivity index (χ0n) is 18.6. The van der Waals surface area contributed by atoms with E-state index in [1.807, 2.05) is 24.3 Å². The molecule has 1 fully saturated rings. The van der Waals surface area contributed by atoms with E-state index in [2.05, 4.69) is 22.6 Å². The van der Waals surface area contributed by atoms with Crippen LogP contribution in [0.5, 0.6) is 0 Å². The van der Waals surface area contributed by atoms with Crippen molar-refractivity contribution in [2.24, 2.45) is 0 Å². The summed E-state index contributed by atoms with van der Waals surface area (Å²) in [4.78, 5) is 37.6. The van der Waals surface area contributed by atoms with Crippen LogP contribution in [-0.4, -0.2) is 41.3 Å². The van der Waals surface area contributed by atoms with Crippen LogP contribution in [0.25, 0.3) is 0 Å². The standard InChI is InChI=1S/C24H30N4O4/c1-17-14-18(12-13-22(17)28(31)32)24(30)25-15-23(29)26-21-11-7-6-8-19(21)16-27(2)20-9-4-3-5-10-20/h6-8,11-14,20H,3-5,9-10,15-16H2,1-2H3,(H,25,30)(H,26,29). The summed E-state index contributed by atoms with van der Waals surface area (Å²) in [5.74, 6) is -0.784. The first-order chi connectivity index (χ1) is 15.3. The molecule has 1 aliphatic carbocycles. The third-order valence-corrected chi connectivity index (χ3v) is 5.97. The minimum absolute atomic E-state index is 0.0471. The van der Waals surface area contributed by atoms with Gasteiger partial charge in [0.25, 0.3) is 11.6 Å². The van der Waals surface area contributed by atoms with Crippen LogP contribution in [0.4, 0.5) is 11.4 Å². The van der Waals surface area contributed by atoms with Crippen molar-refractivity contribution in [1.82, 2.24) is 10.2 Å². The van der Waals surface area contributed by atoms with Gasteiger partial charge in [-0.05, 0) is 50.6 Å². The molecule has 0 spiro atoms. The summed E-state index contributed by atoms with van der Waals surface area (Å²) >= 11 is 0. The van der Waals surface area contributed by atoms with Gasteiger partial charge < -0.3 is 10.6 Å². The first-order valence-corrected chi connectivity index (χ1v) is 11.0. The number of nitrogens with zero attached hydrogens (tertiary/aromatic N) is 2. The van der Waals surface area contributed by atoms with Crippen molar-refractivity contribution in [1.29, 1.82) is 0 Å². The normalized spacial score (nSPS) is 14.2. The summed E-state index contributed by atoms with van der Waals surface area (Å²) in [5, 5.41) is 16.4. The van der Waals surface area contributed by atoms with E-state index in [1.54, 1.807) is 6.92 Å². The van der Waals surface area contributed by atoms with Gasteiger partial charge in [-0.3, -0.25) is 24.6 Å². The van der Waals surface area contributed by atoms with E-state index in [9.17, 15) is 19.7 Å². The van der Waals surface area contributed by atoms with E-state index in [0.717, 1.165) is 17.8 Å². The lowest BCUT2D eigenvalue weighted by atomic mass is 9.94. The molecule has 0 aromatic heterocycles. The topological polar surface area (TPSA) is 105 Å². The largest absolute Gasteiger partial charge is 0.343 e. The first kappa shape index (κ1) is 23.4. The molecule has 32 heavy (non-hydrogen) atoms. The minimum Gasteiger partial charge on any atom is -0.343 e. The highest BCUT2D eigenvalue weighted by molar-refractivity contribution is 5.99. The van der Waals surface area contributed by atoms with Crippen LogP contribution in [0.15, 0.2) is 42.5 Å². The molecule has 0 radical (unpaired) electrons.